The molecule has 0 spiro atoms. The van der Waals surface area contributed by atoms with E-state index in [-0.39, 0.29) is 18.8 Å². The number of aliphatic hydroxyl groups is 1. The predicted octanol–water partition coefficient (Wildman–Crippen LogP) is 2.73. The van der Waals surface area contributed by atoms with Crippen LogP contribution in [0.4, 0.5) is 10.5 Å². The van der Waals surface area contributed by atoms with Gasteiger partial charge >= 0.3 is 12.1 Å². The van der Waals surface area contributed by atoms with Crippen LogP contribution in [0.5, 0.6) is 0 Å². The van der Waals surface area contributed by atoms with Crippen LogP contribution in [-0.2, 0) is 4.74 Å². The Labute approximate surface area is 123 Å². The van der Waals surface area contributed by atoms with Gasteiger partial charge in [-0.1, -0.05) is 20.3 Å². The van der Waals surface area contributed by atoms with Crippen LogP contribution in [0.25, 0.3) is 0 Å². The van der Waals surface area contributed by atoms with E-state index < -0.39 is 17.5 Å². The molecule has 0 saturated heterocycles. The maximum absolute atomic E-state index is 11.7. The molecular weight excluding hydrogens is 274 g/mol. The number of carbonyl (C=O) groups excluding carboxylic acids is 1. The molecule has 6 heteroatoms. The van der Waals surface area contributed by atoms with Gasteiger partial charge in [0.15, 0.2) is 0 Å². The summed E-state index contributed by atoms with van der Waals surface area (Å²) in [5, 5.41) is 20.6. The average Bonchev–Trinajstić information content (AvgIpc) is 2.46. The first-order chi connectivity index (χ1) is 9.90. The molecule has 0 unspecified atom stereocenters. The van der Waals surface area contributed by atoms with Crippen LogP contribution >= 0.6 is 0 Å². The summed E-state index contributed by atoms with van der Waals surface area (Å²) >= 11 is 0. The van der Waals surface area contributed by atoms with E-state index in [0.717, 1.165) is 12.8 Å². The lowest BCUT2D eigenvalue weighted by molar-refractivity contribution is 0.0489. The Bertz CT molecular complexity index is 485. The molecule has 1 aromatic rings. The number of amides is 1. The first kappa shape index (κ1) is 17.0. The summed E-state index contributed by atoms with van der Waals surface area (Å²) in [7, 11) is 0. The molecule has 1 aromatic carbocycles. The van der Waals surface area contributed by atoms with Crippen LogP contribution in [0.15, 0.2) is 24.3 Å². The van der Waals surface area contributed by atoms with Crippen molar-refractivity contribution in [3.05, 3.63) is 29.8 Å². The van der Waals surface area contributed by atoms with E-state index in [1.807, 2.05) is 13.8 Å². The lowest BCUT2D eigenvalue weighted by Crippen LogP contribution is -2.30. The van der Waals surface area contributed by atoms with Crippen molar-refractivity contribution in [2.75, 3.05) is 18.5 Å². The zero-order valence-electron chi connectivity index (χ0n) is 12.3. The number of aromatic carboxylic acids is 1. The molecule has 0 aliphatic heterocycles. The van der Waals surface area contributed by atoms with Gasteiger partial charge in [0.25, 0.3) is 0 Å². The molecule has 0 bridgehead atoms. The zero-order valence-corrected chi connectivity index (χ0v) is 12.3. The molecule has 21 heavy (non-hydrogen) atoms. The van der Waals surface area contributed by atoms with Gasteiger partial charge in [0.05, 0.1) is 12.2 Å². The first-order valence-corrected chi connectivity index (χ1v) is 6.78. The Morgan fingerprint density at radius 1 is 1.29 bits per heavy atom. The van der Waals surface area contributed by atoms with Gasteiger partial charge in [-0.25, -0.2) is 9.59 Å². The molecule has 0 radical (unpaired) electrons. The molecular formula is C15H21NO5. The highest BCUT2D eigenvalue weighted by molar-refractivity contribution is 5.89. The van der Waals surface area contributed by atoms with Gasteiger partial charge in [-0.3, -0.25) is 5.32 Å². The molecule has 0 aliphatic rings. The smallest absolute Gasteiger partial charge is 0.411 e. The minimum absolute atomic E-state index is 0.0541. The summed E-state index contributed by atoms with van der Waals surface area (Å²) in [6.45, 7) is 3.92. The molecule has 1 rings (SSSR count). The molecule has 1 atom stereocenters. The summed E-state index contributed by atoms with van der Waals surface area (Å²) in [6.07, 6.45) is 1.01. The zero-order chi connectivity index (χ0) is 15.9. The molecule has 116 valence electrons. The minimum Gasteiger partial charge on any atom is -0.478 e. The number of carbonyl (C=O) groups is 2. The van der Waals surface area contributed by atoms with Gasteiger partial charge in [-0.05, 0) is 30.7 Å². The fraction of sp³-hybridized carbons (Fsp3) is 0.467. The Kier molecular flexibility index (Phi) is 6.17. The normalized spacial score (nSPS) is 13.3. The molecule has 3 N–H and O–H groups in total. The Balaban J connectivity index is 2.52. The quantitative estimate of drug-likeness (QED) is 0.718. The van der Waals surface area contributed by atoms with E-state index in [2.05, 4.69) is 5.32 Å². The third kappa shape index (κ3) is 5.43. The van der Waals surface area contributed by atoms with Gasteiger partial charge < -0.3 is 14.9 Å². The average molecular weight is 295 g/mol. The van der Waals surface area contributed by atoms with Crippen LogP contribution < -0.4 is 5.32 Å². The van der Waals surface area contributed by atoms with Gasteiger partial charge in [0, 0.05) is 11.1 Å². The molecule has 6 nitrogen and oxygen atoms in total. The third-order valence-corrected chi connectivity index (χ3v) is 3.17. The van der Waals surface area contributed by atoms with Crippen molar-refractivity contribution >= 4 is 17.7 Å². The van der Waals surface area contributed by atoms with E-state index in [0.29, 0.717) is 5.69 Å². The highest BCUT2D eigenvalue weighted by Gasteiger charge is 2.24. The minimum atomic E-state index is -1.03. The Morgan fingerprint density at radius 3 is 2.38 bits per heavy atom. The van der Waals surface area contributed by atoms with Crippen molar-refractivity contribution in [3.8, 4) is 0 Å². The van der Waals surface area contributed by atoms with E-state index in [1.54, 1.807) is 0 Å². The summed E-state index contributed by atoms with van der Waals surface area (Å²) in [6, 6.07) is 5.77. The van der Waals surface area contributed by atoms with Crippen LogP contribution in [0.3, 0.4) is 0 Å². The van der Waals surface area contributed by atoms with Gasteiger partial charge in [0.1, 0.15) is 6.61 Å². The summed E-state index contributed by atoms with van der Waals surface area (Å²) in [4.78, 5) is 22.4. The van der Waals surface area contributed by atoms with Crippen molar-refractivity contribution in [1.82, 2.24) is 0 Å². The van der Waals surface area contributed by atoms with Crippen molar-refractivity contribution in [2.45, 2.75) is 26.7 Å². The summed E-state index contributed by atoms with van der Waals surface area (Å²) < 4.78 is 5.11. The van der Waals surface area contributed by atoms with E-state index in [1.165, 1.54) is 24.3 Å². The number of anilines is 1. The maximum Gasteiger partial charge on any atom is 0.411 e. The van der Waals surface area contributed by atoms with Crippen LogP contribution in [0.2, 0.25) is 0 Å². The fourth-order valence-corrected chi connectivity index (χ4v) is 1.89. The first-order valence-electron chi connectivity index (χ1n) is 6.78. The van der Waals surface area contributed by atoms with Gasteiger partial charge in [-0.15, -0.1) is 0 Å². The summed E-state index contributed by atoms with van der Waals surface area (Å²) in [5.74, 6) is -1.03. The van der Waals surface area contributed by atoms with Crippen LogP contribution in [0.1, 0.15) is 37.0 Å². The monoisotopic (exact) mass is 295 g/mol. The second-order valence-electron chi connectivity index (χ2n) is 5.30. The standard InChI is InChI=1S/C15H21NO5/c1-3-8-15(2,9-17)10-21-14(20)16-12-6-4-11(5-7-12)13(18)19/h4-7,17H,3,8-10H2,1-2H3,(H,16,20)(H,18,19)/t15-/m0/s1. The second-order valence-corrected chi connectivity index (χ2v) is 5.30. The van der Waals surface area contributed by atoms with E-state index >= 15 is 0 Å². The fourth-order valence-electron chi connectivity index (χ4n) is 1.89. The number of carboxylic acids is 1. The van der Waals surface area contributed by atoms with Crippen molar-refractivity contribution in [3.63, 3.8) is 0 Å². The number of ether oxygens (including phenoxy) is 1. The second kappa shape index (κ2) is 7.64. The third-order valence-electron chi connectivity index (χ3n) is 3.17. The lowest BCUT2D eigenvalue weighted by Gasteiger charge is -2.26. The molecule has 1 amide bonds. The highest BCUT2D eigenvalue weighted by atomic mass is 16.5. The molecule has 0 aliphatic carbocycles. The van der Waals surface area contributed by atoms with Crippen LogP contribution in [0, 0.1) is 5.41 Å². The van der Waals surface area contributed by atoms with Crippen molar-refractivity contribution in [1.29, 1.82) is 0 Å². The SMILES string of the molecule is CCC[C@@](C)(CO)COC(=O)Nc1ccc(C(=O)O)cc1. The van der Waals surface area contributed by atoms with E-state index in [9.17, 15) is 14.7 Å². The predicted molar refractivity (Wildman–Crippen MR) is 78.5 cm³/mol. The maximum atomic E-state index is 11.7. The number of hydrogen-bond donors (Lipinski definition) is 3. The largest absolute Gasteiger partial charge is 0.478 e. The number of rotatable bonds is 7. The highest BCUT2D eigenvalue weighted by Crippen LogP contribution is 2.23. The topological polar surface area (TPSA) is 95.9 Å². The molecule has 0 fully saturated rings. The molecule has 0 aromatic heterocycles. The van der Waals surface area contributed by atoms with Crippen molar-refractivity contribution in [2.24, 2.45) is 5.41 Å². The van der Waals surface area contributed by atoms with Gasteiger partial charge in [-0.2, -0.15) is 0 Å². The molecule has 0 saturated carbocycles. The van der Waals surface area contributed by atoms with Gasteiger partial charge in [0.2, 0.25) is 0 Å². The Morgan fingerprint density at radius 2 is 1.90 bits per heavy atom. The number of aliphatic hydroxyl groups excluding tert-OH is 1. The Hall–Kier alpha value is -2.08. The summed E-state index contributed by atoms with van der Waals surface area (Å²) in [5.41, 5.74) is 0.148. The number of benzene rings is 1. The van der Waals surface area contributed by atoms with Crippen molar-refractivity contribution < 1.29 is 24.5 Å². The molecule has 0 heterocycles. The number of hydrogen-bond acceptors (Lipinski definition) is 4. The number of carboxylic acid groups (broad SMARTS) is 1. The van der Waals surface area contributed by atoms with Crippen LogP contribution in [-0.4, -0.2) is 35.5 Å². The number of nitrogens with one attached hydrogen (secondary N) is 1. The van der Waals surface area contributed by atoms with E-state index in [4.69, 9.17) is 9.84 Å². The lowest BCUT2D eigenvalue weighted by atomic mass is 9.88.